The summed E-state index contributed by atoms with van der Waals surface area (Å²) in [5.74, 6) is -1.74. The van der Waals surface area contributed by atoms with Gasteiger partial charge in [0.05, 0.1) is 40.3 Å². The van der Waals surface area contributed by atoms with E-state index < -0.39 is 18.1 Å². The molecule has 0 heterocycles. The molecule has 0 spiro atoms. The first kappa shape index (κ1) is 51.8. The van der Waals surface area contributed by atoms with Gasteiger partial charge < -0.3 is 28.6 Å². The summed E-state index contributed by atoms with van der Waals surface area (Å²) in [6, 6.07) is -0.724. The van der Waals surface area contributed by atoms with Crippen molar-refractivity contribution in [2.24, 2.45) is 0 Å². The fourth-order valence-corrected chi connectivity index (χ4v) is 6.53. The first-order valence-corrected chi connectivity index (χ1v) is 22.4. The Morgan fingerprint density at radius 2 is 0.926 bits per heavy atom. The number of aliphatic carboxylic acids is 1. The maximum Gasteiger partial charge on any atom is 0.306 e. The van der Waals surface area contributed by atoms with Crippen LogP contribution in [0, 0.1) is 0 Å². The van der Waals surface area contributed by atoms with Gasteiger partial charge in [0, 0.05) is 19.3 Å². The highest BCUT2D eigenvalue weighted by molar-refractivity contribution is 5.70. The van der Waals surface area contributed by atoms with Crippen LogP contribution in [0.4, 0.5) is 0 Å². The van der Waals surface area contributed by atoms with Gasteiger partial charge in [-0.1, -0.05) is 141 Å². The lowest BCUT2D eigenvalue weighted by Crippen LogP contribution is -2.55. The summed E-state index contributed by atoms with van der Waals surface area (Å²) >= 11 is 0. The highest BCUT2D eigenvalue weighted by atomic mass is 16.6. The highest BCUT2D eigenvalue weighted by Crippen LogP contribution is 2.14. The van der Waals surface area contributed by atoms with Crippen LogP contribution < -0.4 is 5.11 Å². The summed E-state index contributed by atoms with van der Waals surface area (Å²) in [6.07, 6.45) is 40.5. The van der Waals surface area contributed by atoms with Gasteiger partial charge in [0.15, 0.2) is 6.10 Å². The number of nitrogens with zero attached hydrogens (tertiary/aromatic N) is 1. The predicted molar refractivity (Wildman–Crippen MR) is 222 cm³/mol. The predicted octanol–water partition coefficient (Wildman–Crippen LogP) is 10.7. The number of allylic oxidation sites excluding steroid dienone is 4. The Morgan fingerprint density at radius 1 is 0.537 bits per heavy atom. The lowest BCUT2D eigenvalue weighted by molar-refractivity contribution is -0.889. The fraction of sp³-hybridized carbons (Fsp3) is 0.848. The van der Waals surface area contributed by atoms with E-state index in [9.17, 15) is 19.5 Å². The van der Waals surface area contributed by atoms with Gasteiger partial charge in [0.1, 0.15) is 12.6 Å². The van der Waals surface area contributed by atoms with Crippen LogP contribution in [0.25, 0.3) is 0 Å². The number of carboxylic acids is 1. The number of hydrogen-bond acceptors (Lipinski definition) is 7. The van der Waals surface area contributed by atoms with E-state index in [-0.39, 0.29) is 42.7 Å². The number of carboxylic acid groups (broad SMARTS) is 1. The molecular formula is C46H85NO7. The van der Waals surface area contributed by atoms with Crippen molar-refractivity contribution in [3.63, 3.8) is 0 Å². The Hall–Kier alpha value is -2.19. The zero-order valence-electron chi connectivity index (χ0n) is 35.9. The number of unbranched alkanes of at least 4 members (excludes halogenated alkanes) is 22. The Labute approximate surface area is 332 Å². The average molecular weight is 764 g/mol. The van der Waals surface area contributed by atoms with Crippen molar-refractivity contribution in [3.8, 4) is 0 Å². The molecule has 8 heteroatoms. The van der Waals surface area contributed by atoms with Crippen molar-refractivity contribution >= 4 is 17.9 Å². The van der Waals surface area contributed by atoms with Gasteiger partial charge in [-0.15, -0.1) is 0 Å². The van der Waals surface area contributed by atoms with Gasteiger partial charge in [-0.25, -0.2) is 0 Å². The van der Waals surface area contributed by atoms with Crippen LogP contribution >= 0.6 is 0 Å². The van der Waals surface area contributed by atoms with Gasteiger partial charge in [-0.3, -0.25) is 9.59 Å². The zero-order valence-corrected chi connectivity index (χ0v) is 35.9. The van der Waals surface area contributed by atoms with E-state index in [4.69, 9.17) is 14.2 Å². The van der Waals surface area contributed by atoms with Gasteiger partial charge in [0.2, 0.25) is 0 Å². The molecule has 0 aromatic carbocycles. The number of carbonyl (C=O) groups excluding carboxylic acids is 3. The molecule has 0 aliphatic rings. The van der Waals surface area contributed by atoms with Crippen LogP contribution in [0.15, 0.2) is 24.3 Å². The van der Waals surface area contributed by atoms with E-state index in [0.29, 0.717) is 12.8 Å². The molecule has 0 rings (SSSR count). The zero-order chi connectivity index (χ0) is 40.0. The molecule has 0 bridgehead atoms. The van der Waals surface area contributed by atoms with Crippen LogP contribution in [0.5, 0.6) is 0 Å². The summed E-state index contributed by atoms with van der Waals surface area (Å²) in [5.41, 5.74) is 0. The quantitative estimate of drug-likeness (QED) is 0.0265. The summed E-state index contributed by atoms with van der Waals surface area (Å²) in [6.45, 7) is 4.64. The average Bonchev–Trinajstić information content (AvgIpc) is 3.12. The Bertz CT molecular complexity index is 942. The molecule has 0 aliphatic carbocycles. The number of quaternary nitrogens is 1. The number of carbonyl (C=O) groups is 3. The first-order valence-electron chi connectivity index (χ1n) is 22.4. The maximum atomic E-state index is 12.7. The van der Waals surface area contributed by atoms with Gasteiger partial charge in [-0.2, -0.15) is 0 Å². The summed E-state index contributed by atoms with van der Waals surface area (Å²) in [5, 5.41) is 11.6. The van der Waals surface area contributed by atoms with Crippen molar-refractivity contribution in [2.45, 2.75) is 212 Å². The van der Waals surface area contributed by atoms with Crippen LogP contribution in [0.3, 0.4) is 0 Å². The van der Waals surface area contributed by atoms with Gasteiger partial charge in [-0.05, 0) is 64.2 Å². The SMILES string of the molecule is CCCCCC/C=C/CCCCCCCCCC(=O)OCC(COCCC(C(=O)[O-])[N+](C)(C)C)OC(=O)CCCCCCCCC/C=C/CCCCCC. The van der Waals surface area contributed by atoms with Crippen molar-refractivity contribution in [2.75, 3.05) is 41.0 Å². The maximum absolute atomic E-state index is 12.7. The Kier molecular flexibility index (Phi) is 36.2. The van der Waals surface area contributed by atoms with E-state index in [1.54, 1.807) is 21.1 Å². The normalized spacial score (nSPS) is 13.1. The van der Waals surface area contributed by atoms with Crippen molar-refractivity contribution < 1.29 is 38.2 Å². The Balaban J connectivity index is 4.34. The number of esters is 2. The largest absolute Gasteiger partial charge is 0.544 e. The van der Waals surface area contributed by atoms with Crippen LogP contribution in [0.2, 0.25) is 0 Å². The minimum atomic E-state index is -1.13. The molecule has 2 unspecified atom stereocenters. The topological polar surface area (TPSA) is 102 Å². The summed E-state index contributed by atoms with van der Waals surface area (Å²) in [7, 11) is 5.41. The molecule has 0 aromatic heterocycles. The fourth-order valence-electron chi connectivity index (χ4n) is 6.53. The molecule has 0 aliphatic heterocycles. The van der Waals surface area contributed by atoms with Crippen LogP contribution in [-0.4, -0.2) is 75.5 Å². The van der Waals surface area contributed by atoms with E-state index in [1.807, 2.05) is 0 Å². The van der Waals surface area contributed by atoms with Gasteiger partial charge in [0.25, 0.3) is 0 Å². The molecule has 316 valence electrons. The molecule has 0 saturated carbocycles. The number of hydrogen-bond donors (Lipinski definition) is 0. The standard InChI is InChI=1S/C46H85NO7/c1-6-8-10-12-14-16-18-20-22-24-26-28-30-32-34-36-44(48)53-41-42(40-52-39-38-43(46(50)51)47(3,4)5)54-45(49)37-35-33-31-29-27-25-23-21-19-17-15-13-11-9-7-2/h16-19,42-43H,6-15,20-41H2,1-5H3/b18-16+,19-17+. The second-order valence-electron chi connectivity index (χ2n) is 16.3. The van der Waals surface area contributed by atoms with E-state index in [1.165, 1.54) is 128 Å². The molecule has 0 aromatic rings. The summed E-state index contributed by atoms with van der Waals surface area (Å²) in [4.78, 5) is 36.8. The van der Waals surface area contributed by atoms with Gasteiger partial charge >= 0.3 is 11.9 Å². The third-order valence-electron chi connectivity index (χ3n) is 10.1. The molecule has 2 atom stereocenters. The lowest BCUT2D eigenvalue weighted by Gasteiger charge is -2.34. The third-order valence-corrected chi connectivity index (χ3v) is 10.1. The molecular weight excluding hydrogens is 679 g/mol. The highest BCUT2D eigenvalue weighted by Gasteiger charge is 2.25. The molecule has 0 fully saturated rings. The second-order valence-corrected chi connectivity index (χ2v) is 16.3. The molecule has 0 saturated heterocycles. The van der Waals surface area contributed by atoms with E-state index in [0.717, 1.165) is 38.5 Å². The third kappa shape index (κ3) is 35.5. The number of rotatable bonds is 40. The van der Waals surface area contributed by atoms with E-state index in [2.05, 4.69) is 38.2 Å². The molecule has 0 N–H and O–H groups in total. The second kappa shape index (κ2) is 37.7. The minimum Gasteiger partial charge on any atom is -0.544 e. The minimum absolute atomic E-state index is 0.0404. The first-order chi connectivity index (χ1) is 26.1. The number of ether oxygens (including phenoxy) is 3. The van der Waals surface area contributed by atoms with Crippen LogP contribution in [0.1, 0.15) is 200 Å². The monoisotopic (exact) mass is 764 g/mol. The van der Waals surface area contributed by atoms with Crippen molar-refractivity contribution in [3.05, 3.63) is 24.3 Å². The Morgan fingerprint density at radius 3 is 1.33 bits per heavy atom. The molecule has 8 nitrogen and oxygen atoms in total. The lowest BCUT2D eigenvalue weighted by atomic mass is 10.1. The number of likely N-dealkylation sites (N-methyl/N-ethyl adjacent to an activating group) is 1. The van der Waals surface area contributed by atoms with Crippen molar-refractivity contribution in [1.82, 2.24) is 0 Å². The van der Waals surface area contributed by atoms with Crippen LogP contribution in [-0.2, 0) is 28.6 Å². The molecule has 0 amide bonds. The molecule has 54 heavy (non-hydrogen) atoms. The van der Waals surface area contributed by atoms with E-state index >= 15 is 0 Å². The summed E-state index contributed by atoms with van der Waals surface area (Å²) < 4.78 is 17.2. The van der Waals surface area contributed by atoms with Crippen molar-refractivity contribution in [1.29, 1.82) is 0 Å². The smallest absolute Gasteiger partial charge is 0.306 e. The molecule has 0 radical (unpaired) electrons.